The quantitative estimate of drug-likeness (QED) is 0.785. The zero-order valence-corrected chi connectivity index (χ0v) is 13.3. The van der Waals surface area contributed by atoms with Crippen molar-refractivity contribution < 1.29 is 14.3 Å². The lowest BCUT2D eigenvalue weighted by atomic mass is 9.85. The molecule has 3 rings (SSSR count). The van der Waals surface area contributed by atoms with Gasteiger partial charge in [-0.25, -0.2) is 4.79 Å². The van der Waals surface area contributed by atoms with Crippen LogP contribution in [0, 0.1) is 11.8 Å². The van der Waals surface area contributed by atoms with Gasteiger partial charge in [0.2, 0.25) is 0 Å². The zero-order valence-electron chi connectivity index (χ0n) is 13.3. The number of urea groups is 1. The van der Waals surface area contributed by atoms with Crippen molar-refractivity contribution in [1.29, 1.82) is 0 Å². The van der Waals surface area contributed by atoms with Crippen molar-refractivity contribution >= 4 is 6.03 Å². The molecule has 0 aromatic heterocycles. The Morgan fingerprint density at radius 1 is 1.00 bits per heavy atom. The lowest BCUT2D eigenvalue weighted by Crippen LogP contribution is -2.42. The molecule has 5 nitrogen and oxygen atoms in total. The Balaban J connectivity index is 1.29. The van der Waals surface area contributed by atoms with Crippen molar-refractivity contribution in [3.63, 3.8) is 0 Å². The maximum absolute atomic E-state index is 11.9. The second-order valence-corrected chi connectivity index (χ2v) is 6.79. The predicted octanol–water partition coefficient (Wildman–Crippen LogP) is 2.58. The highest BCUT2D eigenvalue weighted by Gasteiger charge is 2.40. The van der Waals surface area contributed by atoms with Gasteiger partial charge in [-0.15, -0.1) is 0 Å². The van der Waals surface area contributed by atoms with Crippen LogP contribution in [0.3, 0.4) is 0 Å². The molecule has 2 fully saturated rings. The molecule has 2 amide bonds. The molecular formula is C17H28N2O3. The van der Waals surface area contributed by atoms with Crippen LogP contribution >= 0.6 is 0 Å². The normalized spacial score (nSPS) is 27.9. The summed E-state index contributed by atoms with van der Waals surface area (Å²) in [7, 11) is 0. The molecule has 22 heavy (non-hydrogen) atoms. The summed E-state index contributed by atoms with van der Waals surface area (Å²) >= 11 is 0. The minimum Gasteiger partial charge on any atom is -0.348 e. The molecule has 1 saturated heterocycles. The van der Waals surface area contributed by atoms with E-state index in [4.69, 9.17) is 9.47 Å². The van der Waals surface area contributed by atoms with Crippen LogP contribution in [-0.4, -0.2) is 38.1 Å². The number of carbonyl (C=O) groups is 1. The molecule has 1 saturated carbocycles. The van der Waals surface area contributed by atoms with Gasteiger partial charge in [-0.1, -0.05) is 12.2 Å². The number of rotatable bonds is 4. The molecule has 0 unspecified atom stereocenters. The van der Waals surface area contributed by atoms with Crippen LogP contribution < -0.4 is 10.6 Å². The maximum Gasteiger partial charge on any atom is 0.314 e. The summed E-state index contributed by atoms with van der Waals surface area (Å²) in [5.41, 5.74) is 0. The highest BCUT2D eigenvalue weighted by atomic mass is 16.7. The monoisotopic (exact) mass is 308 g/mol. The van der Waals surface area contributed by atoms with Gasteiger partial charge < -0.3 is 20.1 Å². The van der Waals surface area contributed by atoms with Gasteiger partial charge >= 0.3 is 6.03 Å². The number of ether oxygens (including phenoxy) is 2. The number of hydrogen-bond acceptors (Lipinski definition) is 3. The molecular weight excluding hydrogens is 280 g/mol. The molecule has 2 aliphatic carbocycles. The summed E-state index contributed by atoms with van der Waals surface area (Å²) in [6, 6.07) is -0.0248. The van der Waals surface area contributed by atoms with Gasteiger partial charge in [-0.05, 0) is 43.9 Å². The SMILES string of the molecule is O=C(NCC1CCC2(CC1)OCCO2)NC[C@H]1CC=CCC1. The van der Waals surface area contributed by atoms with E-state index in [-0.39, 0.29) is 11.8 Å². The van der Waals surface area contributed by atoms with E-state index in [0.717, 1.165) is 64.8 Å². The van der Waals surface area contributed by atoms with Crippen LogP contribution in [0.5, 0.6) is 0 Å². The second-order valence-electron chi connectivity index (χ2n) is 6.79. The zero-order chi connectivity index (χ0) is 15.3. The first-order valence-electron chi connectivity index (χ1n) is 8.70. The lowest BCUT2D eigenvalue weighted by molar-refractivity contribution is -0.182. The molecule has 1 heterocycles. The fraction of sp³-hybridized carbons (Fsp3) is 0.824. The maximum atomic E-state index is 11.9. The van der Waals surface area contributed by atoms with Crippen LogP contribution in [0.4, 0.5) is 4.79 Å². The van der Waals surface area contributed by atoms with Crippen LogP contribution in [-0.2, 0) is 9.47 Å². The summed E-state index contributed by atoms with van der Waals surface area (Å²) in [5, 5.41) is 6.03. The third-order valence-corrected chi connectivity index (χ3v) is 5.16. The van der Waals surface area contributed by atoms with Crippen LogP contribution in [0.1, 0.15) is 44.9 Å². The molecule has 1 spiro atoms. The number of nitrogens with one attached hydrogen (secondary N) is 2. The molecule has 0 aromatic carbocycles. The average molecular weight is 308 g/mol. The van der Waals surface area contributed by atoms with Crippen molar-refractivity contribution in [2.24, 2.45) is 11.8 Å². The second kappa shape index (κ2) is 7.47. The molecule has 5 heteroatoms. The van der Waals surface area contributed by atoms with Crippen LogP contribution in [0.15, 0.2) is 12.2 Å². The van der Waals surface area contributed by atoms with Crippen LogP contribution in [0.2, 0.25) is 0 Å². The Bertz CT molecular complexity index is 395. The summed E-state index contributed by atoms with van der Waals surface area (Å²) in [5.74, 6) is 0.844. The standard InChI is InChI=1S/C17H28N2O3/c20-16(18-12-14-4-2-1-3-5-14)19-13-15-6-8-17(9-7-15)21-10-11-22-17/h1-2,14-15H,3-13H2,(H2,18,19,20)/t14-/m0/s1. The van der Waals surface area contributed by atoms with E-state index >= 15 is 0 Å². The van der Waals surface area contributed by atoms with E-state index in [1.54, 1.807) is 0 Å². The van der Waals surface area contributed by atoms with Crippen molar-refractivity contribution in [2.45, 2.75) is 50.7 Å². The summed E-state index contributed by atoms with van der Waals surface area (Å²) in [6.45, 7) is 2.99. The van der Waals surface area contributed by atoms with Gasteiger partial charge in [0, 0.05) is 25.9 Å². The third-order valence-electron chi connectivity index (χ3n) is 5.16. The summed E-state index contributed by atoms with van der Waals surface area (Å²) in [6.07, 6.45) is 11.9. The summed E-state index contributed by atoms with van der Waals surface area (Å²) in [4.78, 5) is 11.9. The number of allylic oxidation sites excluding steroid dienone is 2. The molecule has 0 aromatic rings. The van der Waals surface area contributed by atoms with Crippen molar-refractivity contribution in [1.82, 2.24) is 10.6 Å². The minimum absolute atomic E-state index is 0.0248. The topological polar surface area (TPSA) is 59.6 Å². The van der Waals surface area contributed by atoms with Crippen molar-refractivity contribution in [3.8, 4) is 0 Å². The van der Waals surface area contributed by atoms with Crippen molar-refractivity contribution in [2.75, 3.05) is 26.3 Å². The molecule has 1 atom stereocenters. The number of amides is 2. The molecule has 3 aliphatic rings. The predicted molar refractivity (Wildman–Crippen MR) is 84.5 cm³/mol. The van der Waals surface area contributed by atoms with Crippen LogP contribution in [0.25, 0.3) is 0 Å². The third kappa shape index (κ3) is 4.23. The van der Waals surface area contributed by atoms with Gasteiger partial charge in [0.1, 0.15) is 0 Å². The number of carbonyl (C=O) groups excluding carboxylic acids is 1. The van der Waals surface area contributed by atoms with E-state index < -0.39 is 0 Å². The first kappa shape index (κ1) is 15.8. The van der Waals surface area contributed by atoms with Gasteiger partial charge in [0.15, 0.2) is 5.79 Å². The first-order valence-corrected chi connectivity index (χ1v) is 8.70. The Hall–Kier alpha value is -1.07. The highest BCUT2D eigenvalue weighted by Crippen LogP contribution is 2.37. The molecule has 0 bridgehead atoms. The Morgan fingerprint density at radius 3 is 2.32 bits per heavy atom. The van der Waals surface area contributed by atoms with Gasteiger partial charge in [-0.3, -0.25) is 0 Å². The lowest BCUT2D eigenvalue weighted by Gasteiger charge is -2.35. The highest BCUT2D eigenvalue weighted by molar-refractivity contribution is 5.73. The largest absolute Gasteiger partial charge is 0.348 e. The smallest absolute Gasteiger partial charge is 0.314 e. The minimum atomic E-state index is -0.298. The molecule has 124 valence electrons. The van der Waals surface area contributed by atoms with E-state index in [0.29, 0.717) is 11.8 Å². The van der Waals surface area contributed by atoms with E-state index in [1.165, 1.54) is 6.42 Å². The van der Waals surface area contributed by atoms with Crippen molar-refractivity contribution in [3.05, 3.63) is 12.2 Å². The fourth-order valence-electron chi connectivity index (χ4n) is 3.69. The number of hydrogen-bond donors (Lipinski definition) is 2. The average Bonchev–Trinajstić information content (AvgIpc) is 3.02. The van der Waals surface area contributed by atoms with Gasteiger partial charge in [0.05, 0.1) is 13.2 Å². The van der Waals surface area contributed by atoms with Gasteiger partial charge in [0.25, 0.3) is 0 Å². The summed E-state index contributed by atoms with van der Waals surface area (Å²) < 4.78 is 11.5. The molecule has 0 radical (unpaired) electrons. The first-order chi connectivity index (χ1) is 10.8. The molecule has 2 N–H and O–H groups in total. The Labute approximate surface area is 132 Å². The fourth-order valence-corrected chi connectivity index (χ4v) is 3.69. The van der Waals surface area contributed by atoms with E-state index in [1.807, 2.05) is 0 Å². The van der Waals surface area contributed by atoms with Gasteiger partial charge in [-0.2, -0.15) is 0 Å². The Morgan fingerprint density at radius 2 is 1.68 bits per heavy atom. The van der Waals surface area contributed by atoms with E-state index in [2.05, 4.69) is 22.8 Å². The Kier molecular flexibility index (Phi) is 5.37. The van der Waals surface area contributed by atoms with E-state index in [9.17, 15) is 4.79 Å². The molecule has 1 aliphatic heterocycles.